The summed E-state index contributed by atoms with van der Waals surface area (Å²) < 4.78 is 18.8. The standard InChI is InChI=1S/C12H16FNO/c1-7(2)12(3)11(14)9-5-4-8(13)6-10(9)15-12/h4-7,11H,14H2,1-3H3/t11-,12?/m1/s1. The first kappa shape index (κ1) is 10.4. The molecule has 1 aromatic rings. The maximum atomic E-state index is 13.0. The second kappa shape index (κ2) is 3.20. The predicted molar refractivity (Wildman–Crippen MR) is 57.2 cm³/mol. The van der Waals surface area contributed by atoms with E-state index in [1.165, 1.54) is 12.1 Å². The summed E-state index contributed by atoms with van der Waals surface area (Å²) in [6, 6.07) is 4.35. The molecule has 0 bridgehead atoms. The van der Waals surface area contributed by atoms with Crippen molar-refractivity contribution >= 4 is 0 Å². The van der Waals surface area contributed by atoms with Crippen molar-refractivity contribution in [3.05, 3.63) is 29.6 Å². The minimum Gasteiger partial charge on any atom is -0.485 e. The Kier molecular flexibility index (Phi) is 2.23. The molecule has 2 N–H and O–H groups in total. The fourth-order valence-corrected chi connectivity index (χ4v) is 1.94. The van der Waals surface area contributed by atoms with Gasteiger partial charge in [0, 0.05) is 11.6 Å². The van der Waals surface area contributed by atoms with Crippen LogP contribution in [0.3, 0.4) is 0 Å². The van der Waals surface area contributed by atoms with Crippen LogP contribution in [0.25, 0.3) is 0 Å². The van der Waals surface area contributed by atoms with E-state index >= 15 is 0 Å². The molecule has 0 saturated heterocycles. The van der Waals surface area contributed by atoms with Gasteiger partial charge in [-0.1, -0.05) is 19.9 Å². The molecule has 2 rings (SSSR count). The molecule has 2 nitrogen and oxygen atoms in total. The average molecular weight is 209 g/mol. The van der Waals surface area contributed by atoms with Gasteiger partial charge >= 0.3 is 0 Å². The van der Waals surface area contributed by atoms with Crippen LogP contribution in [-0.2, 0) is 0 Å². The summed E-state index contributed by atoms with van der Waals surface area (Å²) in [5.41, 5.74) is 6.59. The molecule has 1 aromatic carbocycles. The third kappa shape index (κ3) is 1.42. The third-order valence-electron chi connectivity index (χ3n) is 3.40. The molecule has 1 aliphatic rings. The van der Waals surface area contributed by atoms with Crippen LogP contribution in [-0.4, -0.2) is 5.60 Å². The number of benzene rings is 1. The zero-order valence-electron chi connectivity index (χ0n) is 9.25. The van der Waals surface area contributed by atoms with Crippen LogP contribution in [0.15, 0.2) is 18.2 Å². The van der Waals surface area contributed by atoms with Gasteiger partial charge in [0.05, 0.1) is 6.04 Å². The molecular weight excluding hydrogens is 193 g/mol. The molecule has 1 aliphatic heterocycles. The van der Waals surface area contributed by atoms with Gasteiger partial charge in [-0.05, 0) is 18.9 Å². The van der Waals surface area contributed by atoms with Gasteiger partial charge < -0.3 is 10.5 Å². The molecule has 3 heteroatoms. The van der Waals surface area contributed by atoms with Crippen LogP contribution in [0.2, 0.25) is 0 Å². The van der Waals surface area contributed by atoms with E-state index in [1.807, 2.05) is 6.92 Å². The molecule has 1 heterocycles. The monoisotopic (exact) mass is 209 g/mol. The van der Waals surface area contributed by atoms with Crippen molar-refractivity contribution in [1.82, 2.24) is 0 Å². The van der Waals surface area contributed by atoms with Crippen molar-refractivity contribution in [1.29, 1.82) is 0 Å². The number of halogens is 1. The summed E-state index contributed by atoms with van der Waals surface area (Å²) in [7, 11) is 0. The van der Waals surface area contributed by atoms with Crippen LogP contribution < -0.4 is 10.5 Å². The van der Waals surface area contributed by atoms with E-state index < -0.39 is 5.60 Å². The number of ether oxygens (including phenoxy) is 1. The fourth-order valence-electron chi connectivity index (χ4n) is 1.94. The van der Waals surface area contributed by atoms with Gasteiger partial charge in [-0.2, -0.15) is 0 Å². The third-order valence-corrected chi connectivity index (χ3v) is 3.40. The van der Waals surface area contributed by atoms with Crippen molar-refractivity contribution < 1.29 is 9.13 Å². The summed E-state index contributed by atoms with van der Waals surface area (Å²) >= 11 is 0. The van der Waals surface area contributed by atoms with E-state index in [2.05, 4.69) is 13.8 Å². The van der Waals surface area contributed by atoms with Crippen molar-refractivity contribution in [2.24, 2.45) is 11.7 Å². The Balaban J connectivity index is 2.45. The lowest BCUT2D eigenvalue weighted by atomic mass is 9.84. The Morgan fingerprint density at radius 3 is 2.73 bits per heavy atom. The lowest BCUT2D eigenvalue weighted by molar-refractivity contribution is 0.0407. The molecule has 0 fully saturated rings. The molecule has 0 aliphatic carbocycles. The van der Waals surface area contributed by atoms with Gasteiger partial charge in [-0.3, -0.25) is 0 Å². The van der Waals surface area contributed by atoms with Crippen LogP contribution >= 0.6 is 0 Å². The highest BCUT2D eigenvalue weighted by atomic mass is 19.1. The number of hydrogen-bond acceptors (Lipinski definition) is 2. The van der Waals surface area contributed by atoms with E-state index in [-0.39, 0.29) is 17.8 Å². The Morgan fingerprint density at radius 1 is 1.47 bits per heavy atom. The van der Waals surface area contributed by atoms with Gasteiger partial charge in [0.2, 0.25) is 0 Å². The maximum absolute atomic E-state index is 13.0. The molecular formula is C12H16FNO. The van der Waals surface area contributed by atoms with Crippen molar-refractivity contribution in [2.45, 2.75) is 32.4 Å². The summed E-state index contributed by atoms with van der Waals surface area (Å²) in [5, 5.41) is 0. The van der Waals surface area contributed by atoms with Crippen molar-refractivity contribution in [3.8, 4) is 5.75 Å². The van der Waals surface area contributed by atoms with Crippen LogP contribution in [0, 0.1) is 11.7 Å². The summed E-state index contributed by atoms with van der Waals surface area (Å²) in [5.74, 6) is 0.579. The number of fused-ring (bicyclic) bond motifs is 1. The topological polar surface area (TPSA) is 35.2 Å². The Bertz CT molecular complexity index is 391. The zero-order chi connectivity index (χ0) is 11.2. The highest BCUT2D eigenvalue weighted by Gasteiger charge is 2.45. The van der Waals surface area contributed by atoms with Gasteiger partial charge in [0.1, 0.15) is 17.2 Å². The quantitative estimate of drug-likeness (QED) is 0.771. The number of hydrogen-bond donors (Lipinski definition) is 1. The molecule has 0 amide bonds. The largest absolute Gasteiger partial charge is 0.485 e. The second-order valence-electron chi connectivity index (χ2n) is 4.60. The molecule has 0 aromatic heterocycles. The predicted octanol–water partition coefficient (Wildman–Crippen LogP) is 2.63. The molecule has 15 heavy (non-hydrogen) atoms. The van der Waals surface area contributed by atoms with E-state index in [4.69, 9.17) is 10.5 Å². The highest BCUT2D eigenvalue weighted by molar-refractivity contribution is 5.42. The first-order chi connectivity index (χ1) is 6.95. The Morgan fingerprint density at radius 2 is 2.13 bits per heavy atom. The fraction of sp³-hybridized carbons (Fsp3) is 0.500. The number of rotatable bonds is 1. The SMILES string of the molecule is CC(C)C1(C)Oc2cc(F)ccc2[C@H]1N. The molecule has 0 saturated carbocycles. The van der Waals surface area contributed by atoms with E-state index in [9.17, 15) is 4.39 Å². The van der Waals surface area contributed by atoms with Crippen LogP contribution in [0.4, 0.5) is 4.39 Å². The van der Waals surface area contributed by atoms with E-state index in [0.717, 1.165) is 5.56 Å². The Hall–Kier alpha value is -1.09. The maximum Gasteiger partial charge on any atom is 0.128 e. The molecule has 2 atom stereocenters. The lowest BCUT2D eigenvalue weighted by Crippen LogP contribution is -2.43. The van der Waals surface area contributed by atoms with E-state index in [0.29, 0.717) is 5.75 Å². The van der Waals surface area contributed by atoms with Gasteiger partial charge in [0.25, 0.3) is 0 Å². The lowest BCUT2D eigenvalue weighted by Gasteiger charge is -2.32. The van der Waals surface area contributed by atoms with Crippen molar-refractivity contribution in [2.75, 3.05) is 0 Å². The Labute approximate surface area is 89.2 Å². The van der Waals surface area contributed by atoms with Crippen LogP contribution in [0.1, 0.15) is 32.4 Å². The van der Waals surface area contributed by atoms with Gasteiger partial charge in [-0.15, -0.1) is 0 Å². The van der Waals surface area contributed by atoms with Gasteiger partial charge in [0.15, 0.2) is 0 Å². The first-order valence-electron chi connectivity index (χ1n) is 5.19. The second-order valence-corrected chi connectivity index (χ2v) is 4.60. The molecule has 82 valence electrons. The first-order valence-corrected chi connectivity index (χ1v) is 5.19. The minimum absolute atomic E-state index is 0.187. The highest BCUT2D eigenvalue weighted by Crippen LogP contribution is 2.45. The summed E-state index contributed by atoms with van der Waals surface area (Å²) in [6.07, 6.45) is 0. The molecule has 0 spiro atoms. The minimum atomic E-state index is -0.434. The molecule has 0 radical (unpaired) electrons. The van der Waals surface area contributed by atoms with Crippen molar-refractivity contribution in [3.63, 3.8) is 0 Å². The average Bonchev–Trinajstić information content (AvgIpc) is 2.40. The zero-order valence-corrected chi connectivity index (χ0v) is 9.25. The smallest absolute Gasteiger partial charge is 0.128 e. The molecule has 1 unspecified atom stereocenters. The van der Waals surface area contributed by atoms with Gasteiger partial charge in [-0.25, -0.2) is 4.39 Å². The van der Waals surface area contributed by atoms with Crippen LogP contribution in [0.5, 0.6) is 5.75 Å². The summed E-state index contributed by atoms with van der Waals surface area (Å²) in [6.45, 7) is 6.09. The van der Waals surface area contributed by atoms with E-state index in [1.54, 1.807) is 6.07 Å². The normalized spacial score (nSPS) is 29.1. The summed E-state index contributed by atoms with van der Waals surface area (Å²) in [4.78, 5) is 0. The number of nitrogens with two attached hydrogens (primary N) is 1.